The zero-order chi connectivity index (χ0) is 15.5. The van der Waals surface area contributed by atoms with Crippen LogP contribution in [0.25, 0.3) is 0 Å². The number of thioether (sulfide) groups is 1. The number of nitrogen functional groups attached to an aromatic ring is 1. The molecule has 118 valence electrons. The molecule has 0 aliphatic carbocycles. The van der Waals surface area contributed by atoms with Crippen molar-refractivity contribution in [1.29, 1.82) is 0 Å². The Labute approximate surface area is 133 Å². The van der Waals surface area contributed by atoms with Crippen LogP contribution in [0.3, 0.4) is 0 Å². The SMILES string of the molecule is CN(C)c1ccc([C@H]2[NH2+]C[C@@H](CSc3n[nH]c(N)n3)O2)cc1. The minimum absolute atomic E-state index is 0.0685. The lowest BCUT2D eigenvalue weighted by atomic mass is 10.2. The summed E-state index contributed by atoms with van der Waals surface area (Å²) in [7, 11) is 4.08. The topological polar surface area (TPSA) is 96.7 Å². The molecule has 1 fully saturated rings. The van der Waals surface area contributed by atoms with Crippen molar-refractivity contribution in [2.75, 3.05) is 37.0 Å². The van der Waals surface area contributed by atoms with Gasteiger partial charge in [-0.3, -0.25) is 0 Å². The van der Waals surface area contributed by atoms with Gasteiger partial charge in [-0.2, -0.15) is 4.98 Å². The van der Waals surface area contributed by atoms with Gasteiger partial charge in [0.15, 0.2) is 0 Å². The summed E-state index contributed by atoms with van der Waals surface area (Å²) in [5.41, 5.74) is 7.90. The van der Waals surface area contributed by atoms with E-state index in [9.17, 15) is 0 Å². The maximum atomic E-state index is 6.09. The Morgan fingerprint density at radius 3 is 2.82 bits per heavy atom. The third-order valence-electron chi connectivity index (χ3n) is 3.57. The maximum Gasteiger partial charge on any atom is 0.217 e. The average Bonchev–Trinajstić information content (AvgIpc) is 3.14. The Morgan fingerprint density at radius 2 is 2.18 bits per heavy atom. The van der Waals surface area contributed by atoms with E-state index < -0.39 is 0 Å². The molecule has 1 aliphatic heterocycles. The Hall–Kier alpha value is -1.77. The smallest absolute Gasteiger partial charge is 0.217 e. The monoisotopic (exact) mass is 321 g/mol. The largest absolute Gasteiger partial charge is 0.378 e. The molecule has 2 aromatic rings. The molecule has 8 heteroatoms. The first-order chi connectivity index (χ1) is 10.6. The number of aromatic amines is 1. The van der Waals surface area contributed by atoms with Crippen molar-refractivity contribution < 1.29 is 10.1 Å². The van der Waals surface area contributed by atoms with Gasteiger partial charge in [-0.1, -0.05) is 11.8 Å². The first-order valence-corrected chi connectivity index (χ1v) is 8.17. The fraction of sp³-hybridized carbons (Fsp3) is 0.429. The summed E-state index contributed by atoms with van der Waals surface area (Å²) in [6, 6.07) is 8.49. The predicted molar refractivity (Wildman–Crippen MR) is 86.7 cm³/mol. The molecule has 1 aromatic carbocycles. The molecule has 1 saturated heterocycles. The molecule has 7 nitrogen and oxygen atoms in total. The number of rotatable bonds is 5. The van der Waals surface area contributed by atoms with Crippen molar-refractivity contribution in [3.8, 4) is 0 Å². The zero-order valence-electron chi connectivity index (χ0n) is 12.7. The Morgan fingerprint density at radius 1 is 1.41 bits per heavy atom. The Kier molecular flexibility index (Phi) is 4.51. The molecule has 2 heterocycles. The first kappa shape index (κ1) is 15.1. The standard InChI is InChI=1S/C14H20N6OS/c1-20(2)10-5-3-9(4-6-10)12-16-7-11(21-12)8-22-14-17-13(15)18-19-14/h3-6,11-12,16H,7-8H2,1-2H3,(H3,15,17,18,19)/p+1/t11-,12-/m0/s1. The van der Waals surface area contributed by atoms with Crippen LogP contribution in [-0.2, 0) is 4.74 Å². The zero-order valence-corrected chi connectivity index (χ0v) is 13.5. The molecule has 2 atom stereocenters. The van der Waals surface area contributed by atoms with Crippen LogP contribution in [-0.4, -0.2) is 47.7 Å². The summed E-state index contributed by atoms with van der Waals surface area (Å²) in [5, 5.41) is 9.54. The van der Waals surface area contributed by atoms with Crippen LogP contribution in [0.15, 0.2) is 29.4 Å². The van der Waals surface area contributed by atoms with E-state index in [-0.39, 0.29) is 12.3 Å². The first-order valence-electron chi connectivity index (χ1n) is 7.18. The van der Waals surface area contributed by atoms with Crippen molar-refractivity contribution in [2.45, 2.75) is 17.5 Å². The second kappa shape index (κ2) is 6.55. The molecule has 0 radical (unpaired) electrons. The second-order valence-electron chi connectivity index (χ2n) is 5.45. The third-order valence-corrected chi connectivity index (χ3v) is 4.55. The quantitative estimate of drug-likeness (QED) is 0.681. The summed E-state index contributed by atoms with van der Waals surface area (Å²) in [6.07, 6.45) is 0.252. The molecule has 3 rings (SSSR count). The van der Waals surface area contributed by atoms with Crippen LogP contribution in [0.5, 0.6) is 0 Å². The van der Waals surface area contributed by atoms with E-state index in [1.807, 2.05) is 14.1 Å². The number of nitrogens with one attached hydrogen (secondary N) is 1. The van der Waals surface area contributed by atoms with E-state index in [1.165, 1.54) is 11.3 Å². The highest BCUT2D eigenvalue weighted by Crippen LogP contribution is 2.22. The molecule has 22 heavy (non-hydrogen) atoms. The van der Waals surface area contributed by atoms with Crippen molar-refractivity contribution in [3.05, 3.63) is 29.8 Å². The fourth-order valence-electron chi connectivity index (χ4n) is 2.37. The van der Waals surface area contributed by atoms with Gasteiger partial charge in [0.05, 0.1) is 0 Å². The number of H-pyrrole nitrogens is 1. The number of hydrogen-bond donors (Lipinski definition) is 3. The summed E-state index contributed by atoms with van der Waals surface area (Å²) < 4.78 is 6.09. The average molecular weight is 321 g/mol. The van der Waals surface area contributed by atoms with Crippen LogP contribution in [0, 0.1) is 0 Å². The predicted octanol–water partition coefficient (Wildman–Crippen LogP) is 0.206. The minimum atomic E-state index is 0.0685. The molecular formula is C14H21N6OS+. The summed E-state index contributed by atoms with van der Waals surface area (Å²) >= 11 is 1.56. The highest BCUT2D eigenvalue weighted by molar-refractivity contribution is 7.99. The van der Waals surface area contributed by atoms with E-state index in [2.05, 4.69) is 49.7 Å². The number of benzene rings is 1. The van der Waals surface area contributed by atoms with Crippen LogP contribution in [0.1, 0.15) is 11.8 Å². The molecular weight excluding hydrogens is 300 g/mol. The maximum absolute atomic E-state index is 6.09. The van der Waals surface area contributed by atoms with E-state index in [1.54, 1.807) is 11.8 Å². The van der Waals surface area contributed by atoms with Gasteiger partial charge >= 0.3 is 0 Å². The lowest BCUT2D eigenvalue weighted by molar-refractivity contribution is -0.697. The van der Waals surface area contributed by atoms with Gasteiger partial charge in [-0.05, 0) is 24.3 Å². The van der Waals surface area contributed by atoms with Crippen LogP contribution in [0.2, 0.25) is 0 Å². The fourth-order valence-corrected chi connectivity index (χ4v) is 3.19. The summed E-state index contributed by atoms with van der Waals surface area (Å²) in [4.78, 5) is 6.17. The summed E-state index contributed by atoms with van der Waals surface area (Å²) in [5.74, 6) is 1.17. The van der Waals surface area contributed by atoms with E-state index in [0.717, 1.165) is 12.3 Å². The number of aromatic nitrogens is 3. The normalized spacial score (nSPS) is 21.2. The molecule has 1 aliphatic rings. The van der Waals surface area contributed by atoms with Crippen LogP contribution < -0.4 is 16.0 Å². The number of nitrogens with two attached hydrogens (primary N) is 2. The third kappa shape index (κ3) is 3.52. The van der Waals surface area contributed by atoms with Crippen LogP contribution >= 0.6 is 11.8 Å². The number of anilines is 2. The molecule has 5 N–H and O–H groups in total. The van der Waals surface area contributed by atoms with Crippen LogP contribution in [0.4, 0.5) is 11.6 Å². The Balaban J connectivity index is 1.53. The second-order valence-corrected chi connectivity index (χ2v) is 6.44. The molecule has 0 saturated carbocycles. The summed E-state index contributed by atoms with van der Waals surface area (Å²) in [6.45, 7) is 0.938. The van der Waals surface area contributed by atoms with Crippen molar-refractivity contribution in [2.24, 2.45) is 0 Å². The van der Waals surface area contributed by atoms with Gasteiger partial charge in [-0.15, -0.1) is 5.10 Å². The minimum Gasteiger partial charge on any atom is -0.378 e. The van der Waals surface area contributed by atoms with Crippen molar-refractivity contribution in [3.63, 3.8) is 0 Å². The molecule has 0 amide bonds. The lowest BCUT2D eigenvalue weighted by Crippen LogP contribution is -2.82. The van der Waals surface area contributed by atoms with E-state index >= 15 is 0 Å². The Bertz CT molecular complexity index is 614. The van der Waals surface area contributed by atoms with Gasteiger partial charge in [0.25, 0.3) is 0 Å². The van der Waals surface area contributed by atoms with Crippen molar-refractivity contribution in [1.82, 2.24) is 15.2 Å². The number of ether oxygens (including phenoxy) is 1. The molecule has 1 aromatic heterocycles. The number of quaternary nitrogens is 1. The lowest BCUT2D eigenvalue weighted by Gasteiger charge is -2.14. The molecule has 0 bridgehead atoms. The highest BCUT2D eigenvalue weighted by Gasteiger charge is 2.30. The van der Waals surface area contributed by atoms with E-state index in [0.29, 0.717) is 11.1 Å². The van der Waals surface area contributed by atoms with Gasteiger partial charge in [-0.25, -0.2) is 5.10 Å². The molecule has 0 spiro atoms. The number of nitrogens with zero attached hydrogens (tertiary/aromatic N) is 3. The van der Waals surface area contributed by atoms with Gasteiger partial charge in [0, 0.05) is 31.1 Å². The highest BCUT2D eigenvalue weighted by atomic mass is 32.2. The van der Waals surface area contributed by atoms with E-state index in [4.69, 9.17) is 10.5 Å². The van der Waals surface area contributed by atoms with Gasteiger partial charge in [0.2, 0.25) is 17.3 Å². The molecule has 0 unspecified atom stereocenters. The van der Waals surface area contributed by atoms with Gasteiger partial charge < -0.3 is 20.7 Å². The van der Waals surface area contributed by atoms with Gasteiger partial charge in [0.1, 0.15) is 12.6 Å². The van der Waals surface area contributed by atoms with Crippen molar-refractivity contribution >= 4 is 23.4 Å². The number of hydrogen-bond acceptors (Lipinski definition) is 6.